The Balaban J connectivity index is 1.81. The molecule has 2 heterocycles. The van der Waals surface area contributed by atoms with Crippen LogP contribution in [-0.2, 0) is 4.74 Å². The quantitative estimate of drug-likeness (QED) is 0.735. The monoisotopic (exact) mass is 272 g/mol. The number of nitrogens with zero attached hydrogens (tertiary/aromatic N) is 2. The fourth-order valence-electron chi connectivity index (χ4n) is 2.77. The van der Waals surface area contributed by atoms with E-state index in [4.69, 9.17) is 4.74 Å². The fourth-order valence-corrected chi connectivity index (χ4v) is 2.77. The number of likely N-dealkylation sites (tertiary alicyclic amines) is 2. The molecule has 0 aromatic rings. The van der Waals surface area contributed by atoms with Gasteiger partial charge in [0.05, 0.1) is 0 Å². The Kier molecular flexibility index (Phi) is 4.33. The number of halogens is 1. The van der Waals surface area contributed by atoms with Crippen LogP contribution < -0.4 is 0 Å². The highest BCUT2D eigenvalue weighted by atomic mass is 19.1. The molecule has 5 heteroatoms. The molecule has 0 N–H and O–H groups in total. The van der Waals surface area contributed by atoms with Gasteiger partial charge in [-0.05, 0) is 40.0 Å². The summed E-state index contributed by atoms with van der Waals surface area (Å²) in [5, 5.41) is 0. The molecule has 110 valence electrons. The molecular weight excluding hydrogens is 247 g/mol. The molecular formula is C14H25FN2O2. The molecule has 2 aliphatic heterocycles. The summed E-state index contributed by atoms with van der Waals surface area (Å²) in [6, 6.07) is 0.375. The number of carbonyl (C=O) groups is 1. The van der Waals surface area contributed by atoms with Gasteiger partial charge in [0.25, 0.3) is 0 Å². The summed E-state index contributed by atoms with van der Waals surface area (Å²) < 4.78 is 18.5. The van der Waals surface area contributed by atoms with E-state index in [2.05, 4.69) is 4.90 Å². The van der Waals surface area contributed by atoms with Crippen molar-refractivity contribution in [2.75, 3.05) is 26.2 Å². The minimum atomic E-state index is -0.639. The number of ether oxygens (including phenoxy) is 1. The lowest BCUT2D eigenvalue weighted by molar-refractivity contribution is 0.0271. The van der Waals surface area contributed by atoms with Gasteiger partial charge in [-0.2, -0.15) is 0 Å². The Morgan fingerprint density at radius 3 is 2.37 bits per heavy atom. The lowest BCUT2D eigenvalue weighted by Gasteiger charge is -2.33. The van der Waals surface area contributed by atoms with Gasteiger partial charge in [0.2, 0.25) is 0 Å². The van der Waals surface area contributed by atoms with Crippen molar-refractivity contribution in [2.24, 2.45) is 0 Å². The fraction of sp³-hybridized carbons (Fsp3) is 0.929. The first-order valence-electron chi connectivity index (χ1n) is 7.21. The normalized spacial score (nSPS) is 26.7. The van der Waals surface area contributed by atoms with Gasteiger partial charge in [0, 0.05) is 32.2 Å². The van der Waals surface area contributed by atoms with E-state index in [0.29, 0.717) is 25.4 Å². The van der Waals surface area contributed by atoms with Gasteiger partial charge in [0.1, 0.15) is 11.8 Å². The molecule has 19 heavy (non-hydrogen) atoms. The highest BCUT2D eigenvalue weighted by Crippen LogP contribution is 2.23. The number of amides is 1. The van der Waals surface area contributed by atoms with Crippen LogP contribution >= 0.6 is 0 Å². The molecule has 0 saturated carbocycles. The molecule has 2 fully saturated rings. The summed E-state index contributed by atoms with van der Waals surface area (Å²) in [4.78, 5) is 16.1. The Morgan fingerprint density at radius 2 is 1.79 bits per heavy atom. The lowest BCUT2D eigenvalue weighted by Crippen LogP contribution is -2.44. The Bertz CT molecular complexity index is 322. The third-order valence-electron chi connectivity index (χ3n) is 3.79. The van der Waals surface area contributed by atoms with E-state index < -0.39 is 11.8 Å². The molecule has 0 spiro atoms. The van der Waals surface area contributed by atoms with Crippen LogP contribution in [0.4, 0.5) is 9.18 Å². The van der Waals surface area contributed by atoms with E-state index in [9.17, 15) is 9.18 Å². The Labute approximate surface area is 114 Å². The van der Waals surface area contributed by atoms with E-state index in [-0.39, 0.29) is 6.09 Å². The molecule has 0 aromatic heterocycles. The van der Waals surface area contributed by atoms with Gasteiger partial charge in [0.15, 0.2) is 0 Å². The summed E-state index contributed by atoms with van der Waals surface area (Å²) in [6.07, 6.45) is 1.36. The second kappa shape index (κ2) is 5.65. The van der Waals surface area contributed by atoms with Crippen LogP contribution in [0.3, 0.4) is 0 Å². The van der Waals surface area contributed by atoms with Gasteiger partial charge < -0.3 is 9.64 Å². The van der Waals surface area contributed by atoms with E-state index in [0.717, 1.165) is 26.1 Å². The van der Waals surface area contributed by atoms with Crippen LogP contribution in [0.2, 0.25) is 0 Å². The molecule has 0 aliphatic carbocycles. The van der Waals surface area contributed by atoms with Crippen LogP contribution in [0.1, 0.15) is 40.0 Å². The average molecular weight is 272 g/mol. The van der Waals surface area contributed by atoms with Gasteiger partial charge >= 0.3 is 6.09 Å². The van der Waals surface area contributed by atoms with Crippen molar-refractivity contribution >= 4 is 6.09 Å². The maximum Gasteiger partial charge on any atom is 0.410 e. The maximum atomic E-state index is 13.1. The molecule has 4 nitrogen and oxygen atoms in total. The first-order valence-corrected chi connectivity index (χ1v) is 7.21. The van der Waals surface area contributed by atoms with E-state index in [1.165, 1.54) is 0 Å². The molecule has 2 saturated heterocycles. The molecule has 2 aliphatic rings. The third kappa shape index (κ3) is 4.06. The predicted octanol–water partition coefficient (Wildman–Crippen LogP) is 2.43. The second-order valence-corrected chi connectivity index (χ2v) is 6.58. The first kappa shape index (κ1) is 14.6. The number of rotatable bonds is 1. The average Bonchev–Trinajstić information content (AvgIpc) is 2.77. The summed E-state index contributed by atoms with van der Waals surface area (Å²) in [7, 11) is 0. The van der Waals surface area contributed by atoms with Gasteiger partial charge in [-0.1, -0.05) is 0 Å². The number of hydrogen-bond donors (Lipinski definition) is 0. The number of hydrogen-bond acceptors (Lipinski definition) is 3. The van der Waals surface area contributed by atoms with Gasteiger partial charge in [-0.15, -0.1) is 0 Å². The number of carbonyl (C=O) groups excluding carboxylic acids is 1. The van der Waals surface area contributed by atoms with Crippen molar-refractivity contribution in [1.82, 2.24) is 9.80 Å². The maximum absolute atomic E-state index is 13.1. The molecule has 0 bridgehead atoms. The zero-order valence-electron chi connectivity index (χ0n) is 12.2. The number of piperidine rings is 1. The zero-order valence-corrected chi connectivity index (χ0v) is 12.2. The largest absolute Gasteiger partial charge is 0.444 e. The summed E-state index contributed by atoms with van der Waals surface area (Å²) in [6.45, 7) is 8.72. The van der Waals surface area contributed by atoms with Gasteiger partial charge in [-0.3, -0.25) is 4.90 Å². The highest BCUT2D eigenvalue weighted by molar-refractivity contribution is 5.68. The summed E-state index contributed by atoms with van der Waals surface area (Å²) in [5.41, 5.74) is -0.443. The minimum Gasteiger partial charge on any atom is -0.444 e. The summed E-state index contributed by atoms with van der Waals surface area (Å²) in [5.74, 6) is 0. The van der Waals surface area contributed by atoms with Crippen LogP contribution in [-0.4, -0.2) is 59.9 Å². The van der Waals surface area contributed by atoms with Crippen molar-refractivity contribution < 1.29 is 13.9 Å². The van der Waals surface area contributed by atoms with Gasteiger partial charge in [-0.25, -0.2) is 9.18 Å². The topological polar surface area (TPSA) is 32.8 Å². The lowest BCUT2D eigenvalue weighted by atomic mass is 10.1. The van der Waals surface area contributed by atoms with Crippen LogP contribution in [0, 0.1) is 0 Å². The van der Waals surface area contributed by atoms with Crippen molar-refractivity contribution in [3.8, 4) is 0 Å². The van der Waals surface area contributed by atoms with Crippen molar-refractivity contribution in [1.29, 1.82) is 0 Å². The van der Waals surface area contributed by atoms with Crippen molar-refractivity contribution in [3.63, 3.8) is 0 Å². The smallest absolute Gasteiger partial charge is 0.410 e. The molecule has 0 aromatic carbocycles. The molecule has 1 amide bonds. The Morgan fingerprint density at radius 1 is 1.16 bits per heavy atom. The third-order valence-corrected chi connectivity index (χ3v) is 3.79. The first-order chi connectivity index (χ1) is 8.85. The molecule has 0 unspecified atom stereocenters. The van der Waals surface area contributed by atoms with Crippen molar-refractivity contribution in [3.05, 3.63) is 0 Å². The number of alkyl halides is 1. The molecule has 2 rings (SSSR count). The van der Waals surface area contributed by atoms with Crippen LogP contribution in [0.25, 0.3) is 0 Å². The predicted molar refractivity (Wildman–Crippen MR) is 71.9 cm³/mol. The van der Waals surface area contributed by atoms with E-state index in [1.54, 1.807) is 4.90 Å². The second-order valence-electron chi connectivity index (χ2n) is 6.58. The Hall–Kier alpha value is -0.840. The minimum absolute atomic E-state index is 0.227. The zero-order chi connectivity index (χ0) is 14.0. The molecule has 0 radical (unpaired) electrons. The van der Waals surface area contributed by atoms with E-state index >= 15 is 0 Å². The molecule has 1 atom stereocenters. The summed E-state index contributed by atoms with van der Waals surface area (Å²) >= 11 is 0. The van der Waals surface area contributed by atoms with Crippen LogP contribution in [0.15, 0.2) is 0 Å². The van der Waals surface area contributed by atoms with Crippen molar-refractivity contribution in [2.45, 2.75) is 57.8 Å². The highest BCUT2D eigenvalue weighted by Gasteiger charge is 2.34. The SMILES string of the molecule is CC(C)(C)OC(=O)N1CC[C@@H](N2CCC(F)CC2)C1. The van der Waals surface area contributed by atoms with E-state index in [1.807, 2.05) is 20.8 Å². The van der Waals surface area contributed by atoms with Crippen LogP contribution in [0.5, 0.6) is 0 Å². The standard InChI is InChI=1S/C14H25FN2O2/c1-14(2,3)19-13(18)17-9-6-12(10-17)16-7-4-11(15)5-8-16/h11-12H,4-10H2,1-3H3/t12-/m1/s1.